The summed E-state index contributed by atoms with van der Waals surface area (Å²) in [5.74, 6) is 0.448. The molecule has 2 aromatic rings. The summed E-state index contributed by atoms with van der Waals surface area (Å²) in [7, 11) is 0. The second-order valence-electron chi connectivity index (χ2n) is 5.12. The van der Waals surface area contributed by atoms with Gasteiger partial charge in [0, 0.05) is 18.2 Å². The number of rotatable bonds is 4. The van der Waals surface area contributed by atoms with E-state index in [1.807, 2.05) is 30.3 Å². The molecule has 1 unspecified atom stereocenters. The van der Waals surface area contributed by atoms with Crippen molar-refractivity contribution in [3.05, 3.63) is 30.3 Å². The predicted octanol–water partition coefficient (Wildman–Crippen LogP) is 0.630. The molecule has 1 aromatic heterocycles. The summed E-state index contributed by atoms with van der Waals surface area (Å²) in [4.78, 5) is 13.3. The highest BCUT2D eigenvalue weighted by atomic mass is 35.5. The molecule has 3 rings (SSSR count). The van der Waals surface area contributed by atoms with Crippen molar-refractivity contribution < 1.29 is 4.79 Å². The summed E-state index contributed by atoms with van der Waals surface area (Å²) < 4.78 is 0. The van der Waals surface area contributed by atoms with Crippen LogP contribution in [0.3, 0.4) is 0 Å². The molecule has 2 N–H and O–H groups in total. The lowest BCUT2D eigenvalue weighted by Crippen LogP contribution is -2.46. The van der Waals surface area contributed by atoms with E-state index in [0.717, 1.165) is 31.5 Å². The van der Waals surface area contributed by atoms with E-state index in [1.165, 1.54) is 4.80 Å². The Morgan fingerprint density at radius 1 is 1.36 bits per heavy atom. The SMILES string of the molecule is Cl.O=C(Cn1nnc(-c2ccccc2)n1)NC1CCCNC1. The summed E-state index contributed by atoms with van der Waals surface area (Å²) in [6.07, 6.45) is 2.10. The summed E-state index contributed by atoms with van der Waals surface area (Å²) in [5, 5.41) is 18.4. The van der Waals surface area contributed by atoms with Gasteiger partial charge in [-0.15, -0.1) is 22.6 Å². The molecular formula is C14H19ClN6O. The Morgan fingerprint density at radius 3 is 2.91 bits per heavy atom. The molecule has 0 aliphatic carbocycles. The number of carbonyl (C=O) groups excluding carboxylic acids is 1. The molecule has 22 heavy (non-hydrogen) atoms. The number of hydrogen-bond donors (Lipinski definition) is 2. The molecule has 1 aliphatic rings. The highest BCUT2D eigenvalue weighted by molar-refractivity contribution is 5.85. The van der Waals surface area contributed by atoms with Gasteiger partial charge in [-0.05, 0) is 24.6 Å². The van der Waals surface area contributed by atoms with Crippen LogP contribution in [0.4, 0.5) is 0 Å². The smallest absolute Gasteiger partial charge is 0.243 e. The first-order valence-electron chi connectivity index (χ1n) is 7.14. The predicted molar refractivity (Wildman–Crippen MR) is 84.5 cm³/mol. The Morgan fingerprint density at radius 2 is 2.18 bits per heavy atom. The van der Waals surface area contributed by atoms with Gasteiger partial charge >= 0.3 is 0 Å². The van der Waals surface area contributed by atoms with Crippen molar-refractivity contribution in [2.45, 2.75) is 25.4 Å². The maximum Gasteiger partial charge on any atom is 0.243 e. The number of halogens is 1. The van der Waals surface area contributed by atoms with Gasteiger partial charge < -0.3 is 10.6 Å². The fraction of sp³-hybridized carbons (Fsp3) is 0.429. The van der Waals surface area contributed by atoms with Crippen LogP contribution in [0.2, 0.25) is 0 Å². The number of piperidine rings is 1. The van der Waals surface area contributed by atoms with Crippen molar-refractivity contribution in [2.75, 3.05) is 13.1 Å². The lowest BCUT2D eigenvalue weighted by molar-refractivity contribution is -0.122. The number of tetrazole rings is 1. The minimum absolute atomic E-state index is 0. The molecule has 118 valence electrons. The third-order valence-corrected chi connectivity index (χ3v) is 3.43. The average molecular weight is 323 g/mol. The first-order valence-corrected chi connectivity index (χ1v) is 7.14. The fourth-order valence-corrected chi connectivity index (χ4v) is 2.39. The Hall–Kier alpha value is -1.99. The third kappa shape index (κ3) is 4.25. The van der Waals surface area contributed by atoms with Gasteiger partial charge in [-0.2, -0.15) is 4.80 Å². The maximum absolute atomic E-state index is 12.0. The van der Waals surface area contributed by atoms with E-state index >= 15 is 0 Å². The van der Waals surface area contributed by atoms with Crippen LogP contribution in [0.1, 0.15) is 12.8 Å². The van der Waals surface area contributed by atoms with E-state index in [2.05, 4.69) is 26.0 Å². The topological polar surface area (TPSA) is 84.7 Å². The zero-order valence-electron chi connectivity index (χ0n) is 12.1. The molecule has 0 radical (unpaired) electrons. The third-order valence-electron chi connectivity index (χ3n) is 3.43. The molecule has 1 aliphatic heterocycles. The van der Waals surface area contributed by atoms with Crippen molar-refractivity contribution in [3.63, 3.8) is 0 Å². The van der Waals surface area contributed by atoms with Crippen LogP contribution in [0.5, 0.6) is 0 Å². The van der Waals surface area contributed by atoms with Crippen LogP contribution >= 0.6 is 12.4 Å². The summed E-state index contributed by atoms with van der Waals surface area (Å²) >= 11 is 0. The number of nitrogens with zero attached hydrogens (tertiary/aromatic N) is 4. The van der Waals surface area contributed by atoms with Crippen molar-refractivity contribution in [1.82, 2.24) is 30.8 Å². The highest BCUT2D eigenvalue weighted by Crippen LogP contribution is 2.11. The Kier molecular flexibility index (Phi) is 5.85. The first-order chi connectivity index (χ1) is 10.3. The molecule has 8 heteroatoms. The van der Waals surface area contributed by atoms with Crippen molar-refractivity contribution >= 4 is 18.3 Å². The van der Waals surface area contributed by atoms with E-state index in [0.29, 0.717) is 5.82 Å². The van der Waals surface area contributed by atoms with Gasteiger partial charge in [0.2, 0.25) is 11.7 Å². The standard InChI is InChI=1S/C14H18N6O.ClH/c21-13(16-12-7-4-8-15-9-12)10-20-18-14(17-19-20)11-5-2-1-3-6-11;/h1-3,5-6,12,15H,4,7-10H2,(H,16,21);1H. The second kappa shape index (κ2) is 7.86. The van der Waals surface area contributed by atoms with Crippen molar-refractivity contribution in [2.24, 2.45) is 0 Å². The number of benzene rings is 1. The lowest BCUT2D eigenvalue weighted by atomic mass is 10.1. The zero-order valence-corrected chi connectivity index (χ0v) is 12.9. The lowest BCUT2D eigenvalue weighted by Gasteiger charge is -2.23. The summed E-state index contributed by atoms with van der Waals surface area (Å²) in [6, 6.07) is 9.78. The van der Waals surface area contributed by atoms with Gasteiger partial charge in [0.25, 0.3) is 0 Å². The van der Waals surface area contributed by atoms with Gasteiger partial charge in [0.05, 0.1) is 0 Å². The van der Waals surface area contributed by atoms with Crippen molar-refractivity contribution in [1.29, 1.82) is 0 Å². The van der Waals surface area contributed by atoms with Crippen LogP contribution in [0.15, 0.2) is 30.3 Å². The number of hydrogen-bond acceptors (Lipinski definition) is 5. The normalized spacial score (nSPS) is 17.5. The van der Waals surface area contributed by atoms with E-state index in [-0.39, 0.29) is 30.9 Å². The van der Waals surface area contributed by atoms with E-state index < -0.39 is 0 Å². The minimum atomic E-state index is -0.0827. The fourth-order valence-electron chi connectivity index (χ4n) is 2.39. The molecule has 1 amide bonds. The number of amides is 1. The van der Waals surface area contributed by atoms with Crippen LogP contribution in [-0.4, -0.2) is 45.2 Å². The van der Waals surface area contributed by atoms with Crippen LogP contribution < -0.4 is 10.6 Å². The summed E-state index contributed by atoms with van der Waals surface area (Å²) in [6.45, 7) is 1.94. The van der Waals surface area contributed by atoms with Gasteiger partial charge in [-0.1, -0.05) is 30.3 Å². The molecule has 7 nitrogen and oxygen atoms in total. The first kappa shape index (κ1) is 16.4. The van der Waals surface area contributed by atoms with Gasteiger partial charge in [-0.3, -0.25) is 4.79 Å². The van der Waals surface area contributed by atoms with Crippen molar-refractivity contribution in [3.8, 4) is 11.4 Å². The second-order valence-corrected chi connectivity index (χ2v) is 5.12. The molecule has 1 aromatic carbocycles. The molecule has 0 bridgehead atoms. The minimum Gasteiger partial charge on any atom is -0.350 e. The van der Waals surface area contributed by atoms with Crippen LogP contribution in [0.25, 0.3) is 11.4 Å². The van der Waals surface area contributed by atoms with E-state index in [9.17, 15) is 4.79 Å². The Bertz CT molecular complexity index is 596. The molecule has 0 spiro atoms. The molecule has 1 saturated heterocycles. The molecule has 0 saturated carbocycles. The molecule has 2 heterocycles. The zero-order chi connectivity index (χ0) is 14.5. The number of aromatic nitrogens is 4. The maximum atomic E-state index is 12.0. The van der Waals surface area contributed by atoms with E-state index in [1.54, 1.807) is 0 Å². The Balaban J connectivity index is 0.00000176. The van der Waals surface area contributed by atoms with Crippen LogP contribution in [-0.2, 0) is 11.3 Å². The van der Waals surface area contributed by atoms with Gasteiger partial charge in [0.1, 0.15) is 6.54 Å². The Labute approximate surface area is 134 Å². The van der Waals surface area contributed by atoms with Crippen LogP contribution in [0, 0.1) is 0 Å². The quantitative estimate of drug-likeness (QED) is 0.862. The molecule has 1 fully saturated rings. The number of nitrogens with one attached hydrogen (secondary N) is 2. The monoisotopic (exact) mass is 322 g/mol. The van der Waals surface area contributed by atoms with Gasteiger partial charge in [0.15, 0.2) is 0 Å². The number of carbonyl (C=O) groups is 1. The van der Waals surface area contributed by atoms with E-state index in [4.69, 9.17) is 0 Å². The molecule has 1 atom stereocenters. The van der Waals surface area contributed by atoms with Gasteiger partial charge in [-0.25, -0.2) is 0 Å². The largest absolute Gasteiger partial charge is 0.350 e. The molecular weight excluding hydrogens is 304 g/mol. The highest BCUT2D eigenvalue weighted by Gasteiger charge is 2.16. The summed E-state index contributed by atoms with van der Waals surface area (Å²) in [5.41, 5.74) is 0.889. The average Bonchev–Trinajstić information content (AvgIpc) is 2.97.